The number of thiophene rings is 1. The summed E-state index contributed by atoms with van der Waals surface area (Å²) >= 11 is 1.74. The van der Waals surface area contributed by atoms with Crippen LogP contribution in [0.3, 0.4) is 0 Å². The number of rotatable bonds is 5. The Morgan fingerprint density at radius 2 is 2.48 bits per heavy atom. The van der Waals surface area contributed by atoms with Crippen LogP contribution in [0.4, 0.5) is 0 Å². The Labute approximate surface area is 128 Å². The van der Waals surface area contributed by atoms with Gasteiger partial charge in [0.2, 0.25) is 11.8 Å². The molecular weight excluding hydrogens is 286 g/mol. The van der Waals surface area contributed by atoms with Gasteiger partial charge in [0.25, 0.3) is 0 Å². The molecule has 112 valence electrons. The quantitative estimate of drug-likeness (QED) is 0.851. The predicted octanol–water partition coefficient (Wildman–Crippen LogP) is 3.13. The maximum atomic E-state index is 12.4. The summed E-state index contributed by atoms with van der Waals surface area (Å²) < 4.78 is 5.07. The molecule has 5 nitrogen and oxygen atoms in total. The summed E-state index contributed by atoms with van der Waals surface area (Å²) in [6, 6.07) is 4.46. The van der Waals surface area contributed by atoms with Crippen molar-refractivity contribution >= 4 is 17.2 Å². The van der Waals surface area contributed by atoms with Crippen molar-refractivity contribution in [2.75, 3.05) is 6.54 Å². The number of hydrogen-bond donors (Lipinski definition) is 0. The number of carbonyl (C=O) groups is 1. The zero-order valence-electron chi connectivity index (χ0n) is 12.1. The van der Waals surface area contributed by atoms with Crippen LogP contribution in [0.25, 0.3) is 0 Å². The minimum absolute atomic E-state index is 0.238. The molecule has 1 aliphatic heterocycles. The molecule has 0 unspecified atom stereocenters. The summed E-state index contributed by atoms with van der Waals surface area (Å²) in [7, 11) is 0. The second-order valence-corrected chi connectivity index (χ2v) is 6.33. The molecule has 0 saturated carbocycles. The van der Waals surface area contributed by atoms with Crippen LogP contribution in [0.2, 0.25) is 0 Å². The standard InChI is InChI=1S/C15H19N3O2S/c1-11-16-14(20-17-11)7-2-8-15(19)18-9-3-5-12(18)13-6-4-10-21-13/h4,6,10,12H,2-3,5,7-9H2,1H3/t12-/m0/s1. The molecule has 0 aliphatic carbocycles. The van der Waals surface area contributed by atoms with Crippen LogP contribution in [0.5, 0.6) is 0 Å². The van der Waals surface area contributed by atoms with Crippen molar-refractivity contribution in [1.29, 1.82) is 0 Å². The van der Waals surface area contributed by atoms with E-state index in [-0.39, 0.29) is 11.9 Å². The van der Waals surface area contributed by atoms with Crippen molar-refractivity contribution in [2.24, 2.45) is 0 Å². The first-order chi connectivity index (χ1) is 10.2. The zero-order chi connectivity index (χ0) is 14.7. The first-order valence-electron chi connectivity index (χ1n) is 7.36. The normalized spacial score (nSPS) is 18.3. The van der Waals surface area contributed by atoms with Gasteiger partial charge in [-0.3, -0.25) is 4.79 Å². The first kappa shape index (κ1) is 14.3. The minimum atomic E-state index is 0.238. The van der Waals surface area contributed by atoms with Gasteiger partial charge in [0, 0.05) is 24.3 Å². The van der Waals surface area contributed by atoms with Crippen LogP contribution in [0, 0.1) is 6.92 Å². The molecule has 1 saturated heterocycles. The van der Waals surface area contributed by atoms with Crippen molar-refractivity contribution < 1.29 is 9.32 Å². The van der Waals surface area contributed by atoms with E-state index < -0.39 is 0 Å². The molecule has 1 fully saturated rings. The monoisotopic (exact) mass is 305 g/mol. The SMILES string of the molecule is Cc1noc(CCCC(=O)N2CCC[C@H]2c2cccs2)n1. The summed E-state index contributed by atoms with van der Waals surface area (Å²) in [4.78, 5) is 19.9. The van der Waals surface area contributed by atoms with E-state index in [9.17, 15) is 4.79 Å². The third-order valence-electron chi connectivity index (χ3n) is 3.80. The molecule has 0 bridgehead atoms. The Morgan fingerprint density at radius 1 is 1.57 bits per heavy atom. The maximum absolute atomic E-state index is 12.4. The number of aryl methyl sites for hydroxylation is 2. The number of hydrogen-bond acceptors (Lipinski definition) is 5. The van der Waals surface area contributed by atoms with Gasteiger partial charge in [-0.05, 0) is 37.6 Å². The van der Waals surface area contributed by atoms with Crippen molar-refractivity contribution in [3.8, 4) is 0 Å². The molecule has 6 heteroatoms. The van der Waals surface area contributed by atoms with Gasteiger partial charge in [0.15, 0.2) is 5.82 Å². The lowest BCUT2D eigenvalue weighted by Crippen LogP contribution is -2.30. The summed E-state index contributed by atoms with van der Waals surface area (Å²) in [5, 5.41) is 5.84. The van der Waals surface area contributed by atoms with Crippen LogP contribution in [0.1, 0.15) is 48.3 Å². The lowest BCUT2D eigenvalue weighted by molar-refractivity contribution is -0.132. The molecule has 2 aromatic rings. The largest absolute Gasteiger partial charge is 0.339 e. The van der Waals surface area contributed by atoms with Gasteiger partial charge in [-0.1, -0.05) is 11.2 Å². The minimum Gasteiger partial charge on any atom is -0.339 e. The Bertz CT molecular complexity index is 594. The van der Waals surface area contributed by atoms with E-state index >= 15 is 0 Å². The van der Waals surface area contributed by atoms with Crippen LogP contribution in [0.15, 0.2) is 22.0 Å². The van der Waals surface area contributed by atoms with Crippen LogP contribution >= 0.6 is 11.3 Å². The Morgan fingerprint density at radius 3 is 3.19 bits per heavy atom. The van der Waals surface area contributed by atoms with Crippen molar-refractivity contribution in [3.63, 3.8) is 0 Å². The molecule has 1 amide bonds. The van der Waals surface area contributed by atoms with Crippen LogP contribution in [-0.4, -0.2) is 27.5 Å². The average molecular weight is 305 g/mol. The molecule has 3 rings (SSSR count). The van der Waals surface area contributed by atoms with Gasteiger partial charge in [-0.2, -0.15) is 4.98 Å². The third-order valence-corrected chi connectivity index (χ3v) is 4.77. The smallest absolute Gasteiger partial charge is 0.226 e. The summed E-state index contributed by atoms with van der Waals surface area (Å²) in [5.41, 5.74) is 0. The van der Waals surface area contributed by atoms with Gasteiger partial charge in [-0.15, -0.1) is 11.3 Å². The van der Waals surface area contributed by atoms with E-state index in [0.717, 1.165) is 25.8 Å². The summed E-state index contributed by atoms with van der Waals surface area (Å²) in [5.74, 6) is 1.51. The Kier molecular flexibility index (Phi) is 4.34. The molecule has 0 radical (unpaired) electrons. The molecule has 0 N–H and O–H groups in total. The molecule has 1 aliphatic rings. The van der Waals surface area contributed by atoms with Crippen LogP contribution < -0.4 is 0 Å². The topological polar surface area (TPSA) is 59.2 Å². The molecule has 2 aromatic heterocycles. The molecule has 0 spiro atoms. The third kappa shape index (κ3) is 3.32. The molecule has 1 atom stereocenters. The number of likely N-dealkylation sites (tertiary alicyclic amines) is 1. The zero-order valence-corrected chi connectivity index (χ0v) is 12.9. The highest BCUT2D eigenvalue weighted by Crippen LogP contribution is 2.34. The van der Waals surface area contributed by atoms with E-state index in [1.807, 2.05) is 4.90 Å². The second kappa shape index (κ2) is 6.39. The first-order valence-corrected chi connectivity index (χ1v) is 8.24. The maximum Gasteiger partial charge on any atom is 0.226 e. The van der Waals surface area contributed by atoms with Gasteiger partial charge in [-0.25, -0.2) is 0 Å². The van der Waals surface area contributed by atoms with E-state index in [0.29, 0.717) is 24.6 Å². The molecule has 21 heavy (non-hydrogen) atoms. The highest BCUT2D eigenvalue weighted by molar-refractivity contribution is 7.10. The summed E-state index contributed by atoms with van der Waals surface area (Å²) in [6.07, 6.45) is 4.15. The van der Waals surface area contributed by atoms with E-state index in [2.05, 4.69) is 27.7 Å². The number of carbonyl (C=O) groups excluding carboxylic acids is 1. The van der Waals surface area contributed by atoms with E-state index in [4.69, 9.17) is 4.52 Å². The number of nitrogens with zero attached hydrogens (tertiary/aromatic N) is 3. The number of aromatic nitrogens is 2. The predicted molar refractivity (Wildman–Crippen MR) is 80.0 cm³/mol. The average Bonchev–Trinajstić information content (AvgIpc) is 3.19. The fourth-order valence-corrected chi connectivity index (χ4v) is 3.69. The number of amides is 1. The van der Waals surface area contributed by atoms with Crippen molar-refractivity contribution in [2.45, 2.75) is 45.1 Å². The highest BCUT2D eigenvalue weighted by Gasteiger charge is 2.30. The molecule has 3 heterocycles. The van der Waals surface area contributed by atoms with Crippen molar-refractivity contribution in [1.82, 2.24) is 15.0 Å². The Hall–Kier alpha value is -1.69. The lowest BCUT2D eigenvalue weighted by atomic mass is 10.1. The van der Waals surface area contributed by atoms with Crippen molar-refractivity contribution in [3.05, 3.63) is 34.1 Å². The lowest BCUT2D eigenvalue weighted by Gasteiger charge is -2.23. The fraction of sp³-hybridized carbons (Fsp3) is 0.533. The van der Waals surface area contributed by atoms with Crippen LogP contribution in [-0.2, 0) is 11.2 Å². The molecular formula is C15H19N3O2S. The fourth-order valence-electron chi connectivity index (χ4n) is 2.82. The van der Waals surface area contributed by atoms with Gasteiger partial charge in [0.1, 0.15) is 0 Å². The molecule has 0 aromatic carbocycles. The Balaban J connectivity index is 1.52. The van der Waals surface area contributed by atoms with Gasteiger partial charge >= 0.3 is 0 Å². The van der Waals surface area contributed by atoms with E-state index in [1.54, 1.807) is 18.3 Å². The second-order valence-electron chi connectivity index (χ2n) is 5.35. The van der Waals surface area contributed by atoms with Gasteiger partial charge in [0.05, 0.1) is 6.04 Å². The highest BCUT2D eigenvalue weighted by atomic mass is 32.1. The van der Waals surface area contributed by atoms with E-state index in [1.165, 1.54) is 4.88 Å². The summed E-state index contributed by atoms with van der Waals surface area (Å²) in [6.45, 7) is 2.68. The van der Waals surface area contributed by atoms with Gasteiger partial charge < -0.3 is 9.42 Å².